The Morgan fingerprint density at radius 2 is 2.12 bits per heavy atom. The van der Waals surface area contributed by atoms with Gasteiger partial charge < -0.3 is 10.1 Å². The summed E-state index contributed by atoms with van der Waals surface area (Å²) in [6.45, 7) is 5.29. The molecule has 0 radical (unpaired) electrons. The number of imidazole rings is 1. The quantitative estimate of drug-likeness (QED) is 0.837. The fraction of sp³-hybridized carbons (Fsp3) is 0.250. The summed E-state index contributed by atoms with van der Waals surface area (Å²) in [5.41, 5.74) is 0.358. The van der Waals surface area contributed by atoms with Gasteiger partial charge in [-0.2, -0.15) is 0 Å². The number of hydrogen-bond acceptors (Lipinski definition) is 2. The Labute approximate surface area is 109 Å². The predicted molar refractivity (Wildman–Crippen MR) is 70.5 cm³/mol. The molecule has 5 heteroatoms. The number of nitrogens with zero attached hydrogens (tertiary/aromatic N) is 1. The van der Waals surface area contributed by atoms with Gasteiger partial charge in [-0.1, -0.05) is 29.3 Å². The third kappa shape index (κ3) is 2.32. The summed E-state index contributed by atoms with van der Waals surface area (Å²) in [5, 5.41) is 11.1. The minimum Gasteiger partial charge on any atom is -0.382 e. The molecule has 0 aliphatic carbocycles. The van der Waals surface area contributed by atoms with Crippen molar-refractivity contribution in [3.05, 3.63) is 40.7 Å². The molecule has 0 aliphatic rings. The topological polar surface area (TPSA) is 48.9 Å². The SMILES string of the molecule is C=CCC(C)(O)c1nc2cc(Cl)c(Cl)cc2[nH]1. The lowest BCUT2D eigenvalue weighted by atomic mass is 10.0. The Balaban J connectivity index is 2.55. The van der Waals surface area contributed by atoms with Crippen LogP contribution in [0.5, 0.6) is 0 Å². The first kappa shape index (κ1) is 12.4. The maximum atomic E-state index is 10.2. The summed E-state index contributed by atoms with van der Waals surface area (Å²) in [4.78, 5) is 7.35. The van der Waals surface area contributed by atoms with Crippen LogP contribution in [0, 0.1) is 0 Å². The summed E-state index contributed by atoms with van der Waals surface area (Å²) in [6, 6.07) is 3.36. The number of fused-ring (bicyclic) bond motifs is 1. The molecule has 2 aromatic rings. The minimum absolute atomic E-state index is 0.411. The van der Waals surface area contributed by atoms with Crippen molar-refractivity contribution in [2.75, 3.05) is 0 Å². The fourth-order valence-corrected chi connectivity index (χ4v) is 1.96. The smallest absolute Gasteiger partial charge is 0.139 e. The van der Waals surface area contributed by atoms with Gasteiger partial charge in [-0.15, -0.1) is 6.58 Å². The van der Waals surface area contributed by atoms with E-state index in [-0.39, 0.29) is 0 Å². The first-order chi connectivity index (χ1) is 7.94. The number of aliphatic hydroxyl groups is 1. The number of H-pyrrole nitrogens is 1. The maximum absolute atomic E-state index is 10.2. The first-order valence-electron chi connectivity index (χ1n) is 5.12. The van der Waals surface area contributed by atoms with E-state index < -0.39 is 5.60 Å². The van der Waals surface area contributed by atoms with Crippen molar-refractivity contribution in [1.82, 2.24) is 9.97 Å². The van der Waals surface area contributed by atoms with Gasteiger partial charge in [0.25, 0.3) is 0 Å². The van der Waals surface area contributed by atoms with Crippen molar-refractivity contribution in [3.8, 4) is 0 Å². The number of hydrogen-bond donors (Lipinski definition) is 2. The Kier molecular flexibility index (Phi) is 3.17. The highest BCUT2D eigenvalue weighted by atomic mass is 35.5. The van der Waals surface area contributed by atoms with E-state index in [2.05, 4.69) is 16.5 Å². The number of aromatic amines is 1. The molecule has 1 unspecified atom stereocenters. The Morgan fingerprint density at radius 3 is 2.76 bits per heavy atom. The average molecular weight is 271 g/mol. The highest BCUT2D eigenvalue weighted by Crippen LogP contribution is 2.29. The molecule has 0 aliphatic heterocycles. The second kappa shape index (κ2) is 4.33. The van der Waals surface area contributed by atoms with Crippen molar-refractivity contribution in [1.29, 1.82) is 0 Å². The van der Waals surface area contributed by atoms with E-state index in [9.17, 15) is 5.11 Å². The Hall–Kier alpha value is -1.03. The zero-order valence-electron chi connectivity index (χ0n) is 9.30. The van der Waals surface area contributed by atoms with Crippen molar-refractivity contribution in [2.45, 2.75) is 18.9 Å². The van der Waals surface area contributed by atoms with E-state index in [1.54, 1.807) is 25.1 Å². The lowest BCUT2D eigenvalue weighted by Crippen LogP contribution is -2.21. The highest BCUT2D eigenvalue weighted by molar-refractivity contribution is 6.42. The van der Waals surface area contributed by atoms with Crippen molar-refractivity contribution in [2.24, 2.45) is 0 Å². The van der Waals surface area contributed by atoms with Gasteiger partial charge in [0.2, 0.25) is 0 Å². The molecule has 2 N–H and O–H groups in total. The maximum Gasteiger partial charge on any atom is 0.139 e. The van der Waals surface area contributed by atoms with E-state index in [0.29, 0.717) is 27.8 Å². The van der Waals surface area contributed by atoms with Gasteiger partial charge in [-0.05, 0) is 19.1 Å². The van der Waals surface area contributed by atoms with E-state index in [0.717, 1.165) is 5.52 Å². The number of rotatable bonds is 3. The Bertz CT molecular complexity index is 536. The molecular formula is C12H12Cl2N2O. The summed E-state index contributed by atoms with van der Waals surface area (Å²) < 4.78 is 0. The normalized spacial score (nSPS) is 14.8. The molecule has 0 amide bonds. The second-order valence-corrected chi connectivity index (χ2v) is 4.95. The standard InChI is InChI=1S/C12H12Cl2N2O/c1-3-4-12(2,17)11-15-9-5-7(13)8(14)6-10(9)16-11/h3,5-6,17H,1,4H2,2H3,(H,15,16). The molecule has 17 heavy (non-hydrogen) atoms. The third-order valence-electron chi connectivity index (χ3n) is 2.58. The van der Waals surface area contributed by atoms with Crippen LogP contribution in [-0.2, 0) is 5.60 Å². The van der Waals surface area contributed by atoms with Gasteiger partial charge in [-0.3, -0.25) is 0 Å². The Morgan fingerprint density at radius 1 is 1.47 bits per heavy atom. The number of aromatic nitrogens is 2. The second-order valence-electron chi connectivity index (χ2n) is 4.14. The van der Waals surface area contributed by atoms with Crippen LogP contribution < -0.4 is 0 Å². The summed E-state index contributed by atoms with van der Waals surface area (Å²) in [7, 11) is 0. The number of halogens is 2. The van der Waals surface area contributed by atoms with Gasteiger partial charge in [0.1, 0.15) is 11.4 Å². The molecule has 1 atom stereocenters. The van der Waals surface area contributed by atoms with Crippen LogP contribution in [0.4, 0.5) is 0 Å². The molecule has 0 bridgehead atoms. The predicted octanol–water partition coefficient (Wildman–Crippen LogP) is 3.65. The first-order valence-corrected chi connectivity index (χ1v) is 5.88. The number of nitrogens with one attached hydrogen (secondary N) is 1. The summed E-state index contributed by atoms with van der Waals surface area (Å²) in [5.74, 6) is 0.478. The van der Waals surface area contributed by atoms with Crippen LogP contribution in [-0.4, -0.2) is 15.1 Å². The van der Waals surface area contributed by atoms with E-state index in [4.69, 9.17) is 23.2 Å². The lowest BCUT2D eigenvalue weighted by Gasteiger charge is -2.18. The van der Waals surface area contributed by atoms with Crippen LogP contribution in [0.25, 0.3) is 11.0 Å². The van der Waals surface area contributed by atoms with E-state index >= 15 is 0 Å². The number of benzene rings is 1. The highest BCUT2D eigenvalue weighted by Gasteiger charge is 2.25. The molecule has 0 saturated carbocycles. The zero-order valence-corrected chi connectivity index (χ0v) is 10.8. The molecule has 2 rings (SSSR count). The lowest BCUT2D eigenvalue weighted by molar-refractivity contribution is 0.0523. The minimum atomic E-state index is -1.07. The summed E-state index contributed by atoms with van der Waals surface area (Å²) in [6.07, 6.45) is 2.06. The molecular weight excluding hydrogens is 259 g/mol. The van der Waals surface area contributed by atoms with Crippen LogP contribution in [0.2, 0.25) is 10.0 Å². The average Bonchev–Trinajstić information content (AvgIpc) is 2.62. The molecule has 3 nitrogen and oxygen atoms in total. The third-order valence-corrected chi connectivity index (χ3v) is 3.30. The molecule has 1 aromatic carbocycles. The van der Waals surface area contributed by atoms with Crippen molar-refractivity contribution >= 4 is 34.2 Å². The van der Waals surface area contributed by atoms with Crippen molar-refractivity contribution in [3.63, 3.8) is 0 Å². The van der Waals surface area contributed by atoms with Crippen LogP contribution in [0.1, 0.15) is 19.2 Å². The van der Waals surface area contributed by atoms with Gasteiger partial charge in [-0.25, -0.2) is 4.98 Å². The van der Waals surface area contributed by atoms with Crippen molar-refractivity contribution < 1.29 is 5.11 Å². The molecule has 1 heterocycles. The van der Waals surface area contributed by atoms with Crippen LogP contribution in [0.15, 0.2) is 24.8 Å². The molecule has 0 spiro atoms. The van der Waals surface area contributed by atoms with E-state index in [1.165, 1.54) is 0 Å². The summed E-state index contributed by atoms with van der Waals surface area (Å²) >= 11 is 11.8. The molecule has 0 fully saturated rings. The monoisotopic (exact) mass is 270 g/mol. The molecule has 90 valence electrons. The van der Waals surface area contributed by atoms with E-state index in [1.807, 2.05) is 0 Å². The largest absolute Gasteiger partial charge is 0.382 e. The molecule has 1 aromatic heterocycles. The van der Waals surface area contributed by atoms with Gasteiger partial charge in [0.15, 0.2) is 0 Å². The zero-order chi connectivity index (χ0) is 12.6. The fourth-order valence-electron chi connectivity index (χ4n) is 1.64. The van der Waals surface area contributed by atoms with Gasteiger partial charge in [0, 0.05) is 6.42 Å². The molecule has 0 saturated heterocycles. The van der Waals surface area contributed by atoms with Gasteiger partial charge >= 0.3 is 0 Å². The van der Waals surface area contributed by atoms with Crippen LogP contribution in [0.3, 0.4) is 0 Å². The van der Waals surface area contributed by atoms with Gasteiger partial charge in [0.05, 0.1) is 21.1 Å². The van der Waals surface area contributed by atoms with Crippen LogP contribution >= 0.6 is 23.2 Å².